The van der Waals surface area contributed by atoms with Crippen molar-refractivity contribution in [3.63, 3.8) is 0 Å². The molecule has 18 heavy (non-hydrogen) atoms. The van der Waals surface area contributed by atoms with Gasteiger partial charge in [-0.15, -0.1) is 0 Å². The lowest BCUT2D eigenvalue weighted by Crippen LogP contribution is -2.37. The van der Waals surface area contributed by atoms with Crippen LogP contribution >= 0.6 is 0 Å². The predicted molar refractivity (Wildman–Crippen MR) is 70.7 cm³/mol. The third kappa shape index (κ3) is 1.62. The number of aromatic amines is 1. The molecule has 3 nitrogen and oxygen atoms in total. The van der Waals surface area contributed by atoms with Gasteiger partial charge in [-0.2, -0.15) is 0 Å². The first kappa shape index (κ1) is 11.3. The van der Waals surface area contributed by atoms with Gasteiger partial charge in [0.05, 0.1) is 5.41 Å². The van der Waals surface area contributed by atoms with Crippen LogP contribution in [-0.2, 0) is 10.2 Å². The minimum Gasteiger partial charge on any atom is -0.481 e. The van der Waals surface area contributed by atoms with Crippen molar-refractivity contribution in [2.45, 2.75) is 37.5 Å². The molecule has 0 aliphatic heterocycles. The zero-order valence-electron chi connectivity index (χ0n) is 10.3. The van der Waals surface area contributed by atoms with Gasteiger partial charge in [-0.1, -0.05) is 25.3 Å². The molecule has 1 saturated carbocycles. The van der Waals surface area contributed by atoms with E-state index >= 15 is 0 Å². The number of fused-ring (bicyclic) bond motifs is 1. The van der Waals surface area contributed by atoms with Crippen molar-refractivity contribution in [1.29, 1.82) is 0 Å². The average Bonchev–Trinajstić information content (AvgIpc) is 2.86. The number of aliphatic carboxylic acids is 1. The Labute approximate surface area is 106 Å². The first-order chi connectivity index (χ1) is 8.72. The zero-order chi connectivity index (χ0) is 12.6. The van der Waals surface area contributed by atoms with Crippen molar-refractivity contribution in [3.8, 4) is 0 Å². The van der Waals surface area contributed by atoms with Crippen LogP contribution in [0.25, 0.3) is 10.9 Å². The zero-order valence-corrected chi connectivity index (χ0v) is 10.3. The highest BCUT2D eigenvalue weighted by Gasteiger charge is 2.41. The van der Waals surface area contributed by atoms with E-state index in [4.69, 9.17) is 0 Å². The van der Waals surface area contributed by atoms with E-state index < -0.39 is 11.4 Å². The van der Waals surface area contributed by atoms with Gasteiger partial charge < -0.3 is 10.1 Å². The highest BCUT2D eigenvalue weighted by molar-refractivity contribution is 5.86. The lowest BCUT2D eigenvalue weighted by Gasteiger charge is -2.33. The molecule has 1 aliphatic carbocycles. The van der Waals surface area contributed by atoms with Crippen LogP contribution in [0.1, 0.15) is 37.7 Å². The summed E-state index contributed by atoms with van der Waals surface area (Å²) in [6.07, 6.45) is 6.59. The van der Waals surface area contributed by atoms with Gasteiger partial charge in [-0.25, -0.2) is 0 Å². The standard InChI is InChI=1S/C15H17NO2/c17-14(18)15(7-2-1-3-8-15)12-4-5-13-11(10-12)6-9-16-13/h4-6,9-10,16H,1-3,7-8H2,(H,17,18). The van der Waals surface area contributed by atoms with Crippen LogP contribution in [0.3, 0.4) is 0 Å². The van der Waals surface area contributed by atoms with Gasteiger partial charge in [0.25, 0.3) is 0 Å². The van der Waals surface area contributed by atoms with Gasteiger partial charge in [-0.05, 0) is 42.0 Å². The Morgan fingerprint density at radius 1 is 1.17 bits per heavy atom. The van der Waals surface area contributed by atoms with E-state index in [2.05, 4.69) is 4.98 Å². The second kappa shape index (κ2) is 4.16. The Morgan fingerprint density at radius 3 is 2.67 bits per heavy atom. The molecule has 1 heterocycles. The summed E-state index contributed by atoms with van der Waals surface area (Å²) in [5.41, 5.74) is 1.36. The molecular weight excluding hydrogens is 226 g/mol. The second-order valence-corrected chi connectivity index (χ2v) is 5.23. The minimum absolute atomic E-state index is 0.663. The average molecular weight is 243 g/mol. The monoisotopic (exact) mass is 243 g/mol. The molecular formula is C15H17NO2. The highest BCUT2D eigenvalue weighted by atomic mass is 16.4. The SMILES string of the molecule is O=C(O)C1(c2ccc3[nH]ccc3c2)CCCCC1. The fourth-order valence-electron chi connectivity index (χ4n) is 3.13. The number of benzene rings is 1. The molecule has 2 N–H and O–H groups in total. The third-order valence-corrected chi connectivity index (χ3v) is 4.22. The van der Waals surface area contributed by atoms with Gasteiger partial charge in [0.15, 0.2) is 0 Å². The first-order valence-corrected chi connectivity index (χ1v) is 6.53. The number of rotatable bonds is 2. The smallest absolute Gasteiger partial charge is 0.314 e. The number of carbonyl (C=O) groups is 1. The van der Waals surface area contributed by atoms with Crippen LogP contribution in [0.5, 0.6) is 0 Å². The van der Waals surface area contributed by atoms with E-state index in [0.29, 0.717) is 0 Å². The summed E-state index contributed by atoms with van der Waals surface area (Å²) in [7, 11) is 0. The first-order valence-electron chi connectivity index (χ1n) is 6.53. The fourth-order valence-corrected chi connectivity index (χ4v) is 3.13. The fraction of sp³-hybridized carbons (Fsp3) is 0.400. The molecule has 3 rings (SSSR count). The van der Waals surface area contributed by atoms with Crippen LogP contribution < -0.4 is 0 Å². The topological polar surface area (TPSA) is 53.1 Å². The molecule has 0 amide bonds. The van der Waals surface area contributed by atoms with Crippen molar-refractivity contribution < 1.29 is 9.90 Å². The summed E-state index contributed by atoms with van der Waals surface area (Å²) in [6, 6.07) is 7.99. The third-order valence-electron chi connectivity index (χ3n) is 4.22. The lowest BCUT2D eigenvalue weighted by molar-refractivity contribution is -0.145. The van der Waals surface area contributed by atoms with Crippen LogP contribution in [0, 0.1) is 0 Å². The van der Waals surface area contributed by atoms with Gasteiger partial charge in [-0.3, -0.25) is 4.79 Å². The molecule has 0 atom stereocenters. The maximum Gasteiger partial charge on any atom is 0.314 e. The quantitative estimate of drug-likeness (QED) is 0.848. The summed E-state index contributed by atoms with van der Waals surface area (Å²) in [4.78, 5) is 14.9. The number of aromatic nitrogens is 1. The van der Waals surface area contributed by atoms with Crippen LogP contribution in [0.2, 0.25) is 0 Å². The molecule has 3 heteroatoms. The molecule has 1 aromatic carbocycles. The maximum atomic E-state index is 11.7. The summed E-state index contributed by atoms with van der Waals surface area (Å²) >= 11 is 0. The largest absolute Gasteiger partial charge is 0.481 e. The highest BCUT2D eigenvalue weighted by Crippen LogP contribution is 2.40. The van der Waals surface area contributed by atoms with Crippen molar-refractivity contribution in [3.05, 3.63) is 36.0 Å². The maximum absolute atomic E-state index is 11.7. The molecule has 1 aromatic heterocycles. The van der Waals surface area contributed by atoms with Crippen LogP contribution in [-0.4, -0.2) is 16.1 Å². The Bertz CT molecular complexity index is 579. The molecule has 0 unspecified atom stereocenters. The summed E-state index contributed by atoms with van der Waals surface area (Å²) in [5.74, 6) is -0.669. The van der Waals surface area contributed by atoms with Crippen molar-refractivity contribution in [2.75, 3.05) is 0 Å². The van der Waals surface area contributed by atoms with Crippen molar-refractivity contribution in [1.82, 2.24) is 4.98 Å². The van der Waals surface area contributed by atoms with Gasteiger partial charge in [0.1, 0.15) is 0 Å². The van der Waals surface area contributed by atoms with Gasteiger partial charge in [0.2, 0.25) is 0 Å². The number of carboxylic acid groups (broad SMARTS) is 1. The Morgan fingerprint density at radius 2 is 1.94 bits per heavy atom. The number of H-pyrrole nitrogens is 1. The Kier molecular flexibility index (Phi) is 2.62. The van der Waals surface area contributed by atoms with Crippen molar-refractivity contribution in [2.24, 2.45) is 0 Å². The van der Waals surface area contributed by atoms with E-state index in [1.807, 2.05) is 30.5 Å². The molecule has 0 spiro atoms. The number of nitrogens with one attached hydrogen (secondary N) is 1. The van der Waals surface area contributed by atoms with E-state index in [1.54, 1.807) is 0 Å². The van der Waals surface area contributed by atoms with E-state index in [0.717, 1.165) is 48.6 Å². The lowest BCUT2D eigenvalue weighted by atomic mass is 9.69. The van der Waals surface area contributed by atoms with Crippen LogP contribution in [0.15, 0.2) is 30.5 Å². The van der Waals surface area contributed by atoms with Gasteiger partial charge >= 0.3 is 5.97 Å². The molecule has 1 fully saturated rings. The van der Waals surface area contributed by atoms with Gasteiger partial charge in [0, 0.05) is 11.7 Å². The van der Waals surface area contributed by atoms with E-state index in [1.165, 1.54) is 0 Å². The number of hydrogen-bond acceptors (Lipinski definition) is 1. The molecule has 0 radical (unpaired) electrons. The van der Waals surface area contributed by atoms with E-state index in [9.17, 15) is 9.90 Å². The Balaban J connectivity index is 2.11. The predicted octanol–water partition coefficient (Wildman–Crippen LogP) is 3.45. The van der Waals surface area contributed by atoms with Crippen LogP contribution in [0.4, 0.5) is 0 Å². The minimum atomic E-state index is -0.669. The number of hydrogen-bond donors (Lipinski definition) is 2. The molecule has 94 valence electrons. The normalized spacial score (nSPS) is 18.9. The molecule has 2 aromatic rings. The number of carboxylic acids is 1. The molecule has 0 bridgehead atoms. The molecule has 0 saturated heterocycles. The Hall–Kier alpha value is -1.77. The van der Waals surface area contributed by atoms with Crippen molar-refractivity contribution >= 4 is 16.9 Å². The summed E-state index contributed by atoms with van der Waals surface area (Å²) in [5, 5.41) is 10.8. The summed E-state index contributed by atoms with van der Waals surface area (Å²) < 4.78 is 0. The van der Waals surface area contributed by atoms with E-state index in [-0.39, 0.29) is 0 Å². The molecule has 1 aliphatic rings. The second-order valence-electron chi connectivity index (χ2n) is 5.23. The summed E-state index contributed by atoms with van der Waals surface area (Å²) in [6.45, 7) is 0.